The van der Waals surface area contributed by atoms with Crippen molar-refractivity contribution >= 4 is 17.5 Å². The summed E-state index contributed by atoms with van der Waals surface area (Å²) in [6.07, 6.45) is 4.01. The molecule has 1 amide bonds. The molecular formula is C16H23ClN2O. The van der Waals surface area contributed by atoms with E-state index in [4.69, 9.17) is 17.3 Å². The Hall–Kier alpha value is -1.06. The van der Waals surface area contributed by atoms with Crippen LogP contribution in [0.2, 0.25) is 5.02 Å². The Balaban J connectivity index is 2.16. The van der Waals surface area contributed by atoms with Crippen LogP contribution >= 0.6 is 11.6 Å². The highest BCUT2D eigenvalue weighted by Gasteiger charge is 2.27. The zero-order chi connectivity index (χ0) is 14.7. The predicted molar refractivity (Wildman–Crippen MR) is 83.1 cm³/mol. The Morgan fingerprint density at radius 3 is 2.50 bits per heavy atom. The van der Waals surface area contributed by atoms with E-state index in [9.17, 15) is 4.79 Å². The lowest BCUT2D eigenvalue weighted by molar-refractivity contribution is 0.0640. The first-order valence-corrected chi connectivity index (χ1v) is 7.72. The van der Waals surface area contributed by atoms with Gasteiger partial charge in [-0.3, -0.25) is 4.79 Å². The van der Waals surface area contributed by atoms with Gasteiger partial charge < -0.3 is 10.6 Å². The van der Waals surface area contributed by atoms with E-state index in [1.807, 2.05) is 30.9 Å². The van der Waals surface area contributed by atoms with Crippen molar-refractivity contribution < 1.29 is 4.79 Å². The summed E-state index contributed by atoms with van der Waals surface area (Å²) in [6.45, 7) is 4.71. The van der Waals surface area contributed by atoms with E-state index in [1.54, 1.807) is 6.07 Å². The number of nitrogens with zero attached hydrogens (tertiary/aromatic N) is 1. The van der Waals surface area contributed by atoms with Crippen LogP contribution in [0.5, 0.6) is 0 Å². The first-order chi connectivity index (χ1) is 9.51. The molecule has 0 radical (unpaired) electrons. The van der Waals surface area contributed by atoms with Crippen molar-refractivity contribution in [2.45, 2.75) is 51.6 Å². The first kappa shape index (κ1) is 15.3. The molecule has 1 aliphatic rings. The van der Waals surface area contributed by atoms with Crippen LogP contribution in [-0.2, 0) is 0 Å². The van der Waals surface area contributed by atoms with E-state index >= 15 is 0 Å². The number of hydrogen-bond donors (Lipinski definition) is 1. The molecule has 1 aliphatic carbocycles. The van der Waals surface area contributed by atoms with Gasteiger partial charge in [0.15, 0.2) is 0 Å². The SMILES string of the molecule is CCN(C(=O)c1cc(C)cc(Cl)c1)C1CCC(N)CC1. The third-order valence-corrected chi connectivity index (χ3v) is 4.29. The summed E-state index contributed by atoms with van der Waals surface area (Å²) in [6, 6.07) is 6.15. The van der Waals surface area contributed by atoms with Crippen LogP contribution in [0.15, 0.2) is 18.2 Å². The number of hydrogen-bond acceptors (Lipinski definition) is 2. The summed E-state index contributed by atoms with van der Waals surface area (Å²) in [5, 5.41) is 0.620. The lowest BCUT2D eigenvalue weighted by Gasteiger charge is -2.35. The second-order valence-corrected chi connectivity index (χ2v) is 6.11. The molecule has 2 N–H and O–H groups in total. The number of benzene rings is 1. The molecule has 1 saturated carbocycles. The largest absolute Gasteiger partial charge is 0.336 e. The number of aryl methyl sites for hydroxylation is 1. The summed E-state index contributed by atoms with van der Waals surface area (Å²) in [5.41, 5.74) is 7.65. The van der Waals surface area contributed by atoms with Gasteiger partial charge in [0.2, 0.25) is 0 Å². The highest BCUT2D eigenvalue weighted by Crippen LogP contribution is 2.24. The lowest BCUT2D eigenvalue weighted by atomic mass is 9.90. The average Bonchev–Trinajstić information content (AvgIpc) is 2.40. The number of amides is 1. The standard InChI is InChI=1S/C16H23ClN2O/c1-3-19(15-6-4-14(18)5-7-15)16(20)12-8-11(2)9-13(17)10-12/h8-10,14-15H,3-7,18H2,1-2H3. The molecule has 20 heavy (non-hydrogen) atoms. The minimum atomic E-state index is 0.0820. The second kappa shape index (κ2) is 6.59. The van der Waals surface area contributed by atoms with Gasteiger partial charge in [0, 0.05) is 29.2 Å². The molecule has 2 rings (SSSR count). The van der Waals surface area contributed by atoms with Gasteiger partial charge in [-0.05, 0) is 63.3 Å². The molecule has 4 heteroatoms. The van der Waals surface area contributed by atoms with Crippen molar-refractivity contribution in [3.63, 3.8) is 0 Å². The zero-order valence-corrected chi connectivity index (χ0v) is 13.0. The van der Waals surface area contributed by atoms with E-state index in [-0.39, 0.29) is 5.91 Å². The smallest absolute Gasteiger partial charge is 0.254 e. The van der Waals surface area contributed by atoms with Crippen LogP contribution in [0.25, 0.3) is 0 Å². The zero-order valence-electron chi connectivity index (χ0n) is 12.2. The van der Waals surface area contributed by atoms with Crippen LogP contribution in [-0.4, -0.2) is 29.4 Å². The number of carbonyl (C=O) groups excluding carboxylic acids is 1. The third-order valence-electron chi connectivity index (χ3n) is 4.07. The molecule has 3 nitrogen and oxygen atoms in total. The maximum absolute atomic E-state index is 12.7. The van der Waals surface area contributed by atoms with Crippen molar-refractivity contribution in [3.8, 4) is 0 Å². The normalized spacial score (nSPS) is 22.6. The van der Waals surface area contributed by atoms with Gasteiger partial charge in [-0.1, -0.05) is 11.6 Å². The van der Waals surface area contributed by atoms with Gasteiger partial charge in [0.1, 0.15) is 0 Å². The van der Waals surface area contributed by atoms with E-state index in [1.165, 1.54) is 0 Å². The molecule has 1 aromatic rings. The summed E-state index contributed by atoms with van der Waals surface area (Å²) >= 11 is 6.06. The summed E-state index contributed by atoms with van der Waals surface area (Å²) < 4.78 is 0. The van der Waals surface area contributed by atoms with Crippen LogP contribution < -0.4 is 5.73 Å². The molecule has 0 aromatic heterocycles. The average molecular weight is 295 g/mol. The van der Waals surface area contributed by atoms with Crippen molar-refractivity contribution in [1.82, 2.24) is 4.90 Å². The molecule has 0 bridgehead atoms. The Labute approximate surface area is 126 Å². The van der Waals surface area contributed by atoms with Gasteiger partial charge in [0.05, 0.1) is 0 Å². The lowest BCUT2D eigenvalue weighted by Crippen LogP contribution is -2.44. The van der Waals surface area contributed by atoms with Gasteiger partial charge in [0.25, 0.3) is 5.91 Å². The van der Waals surface area contributed by atoms with Crippen molar-refractivity contribution in [2.75, 3.05) is 6.54 Å². The van der Waals surface area contributed by atoms with Gasteiger partial charge >= 0.3 is 0 Å². The topological polar surface area (TPSA) is 46.3 Å². The fourth-order valence-electron chi connectivity index (χ4n) is 3.01. The highest BCUT2D eigenvalue weighted by atomic mass is 35.5. The Kier molecular flexibility index (Phi) is 5.06. The van der Waals surface area contributed by atoms with Crippen molar-refractivity contribution in [2.24, 2.45) is 5.73 Å². The van der Waals surface area contributed by atoms with Crippen molar-refractivity contribution in [1.29, 1.82) is 0 Å². The number of rotatable bonds is 3. The van der Waals surface area contributed by atoms with Crippen LogP contribution in [0.1, 0.15) is 48.5 Å². The van der Waals surface area contributed by atoms with E-state index in [0.29, 0.717) is 22.7 Å². The fraction of sp³-hybridized carbons (Fsp3) is 0.562. The molecule has 0 spiro atoms. The molecule has 0 aliphatic heterocycles. The van der Waals surface area contributed by atoms with Gasteiger partial charge in [-0.25, -0.2) is 0 Å². The minimum Gasteiger partial charge on any atom is -0.336 e. The molecule has 0 heterocycles. The van der Waals surface area contributed by atoms with E-state index < -0.39 is 0 Å². The molecule has 110 valence electrons. The van der Waals surface area contributed by atoms with Crippen molar-refractivity contribution in [3.05, 3.63) is 34.3 Å². The predicted octanol–water partition coefficient (Wildman–Crippen LogP) is 3.38. The maximum Gasteiger partial charge on any atom is 0.254 e. The monoisotopic (exact) mass is 294 g/mol. The molecular weight excluding hydrogens is 272 g/mol. The van der Waals surface area contributed by atoms with E-state index in [2.05, 4.69) is 0 Å². The third kappa shape index (κ3) is 3.53. The number of nitrogens with two attached hydrogens (primary N) is 1. The Morgan fingerprint density at radius 1 is 1.30 bits per heavy atom. The number of carbonyl (C=O) groups is 1. The maximum atomic E-state index is 12.7. The second-order valence-electron chi connectivity index (χ2n) is 5.68. The Bertz CT molecular complexity index is 461. The molecule has 0 unspecified atom stereocenters. The summed E-state index contributed by atoms with van der Waals surface area (Å²) in [5.74, 6) is 0.0820. The van der Waals surface area contributed by atoms with Crippen LogP contribution in [0, 0.1) is 6.92 Å². The first-order valence-electron chi connectivity index (χ1n) is 7.35. The summed E-state index contributed by atoms with van der Waals surface area (Å²) in [7, 11) is 0. The van der Waals surface area contributed by atoms with Crippen LogP contribution in [0.3, 0.4) is 0 Å². The number of halogens is 1. The minimum absolute atomic E-state index is 0.0820. The molecule has 0 saturated heterocycles. The molecule has 1 aromatic carbocycles. The Morgan fingerprint density at radius 2 is 1.95 bits per heavy atom. The fourth-order valence-corrected chi connectivity index (χ4v) is 3.30. The highest BCUT2D eigenvalue weighted by molar-refractivity contribution is 6.31. The molecule has 0 atom stereocenters. The molecule has 1 fully saturated rings. The quantitative estimate of drug-likeness (QED) is 0.929. The summed E-state index contributed by atoms with van der Waals surface area (Å²) in [4.78, 5) is 14.7. The van der Waals surface area contributed by atoms with Gasteiger partial charge in [-0.15, -0.1) is 0 Å². The van der Waals surface area contributed by atoms with Gasteiger partial charge in [-0.2, -0.15) is 0 Å². The van der Waals surface area contributed by atoms with E-state index in [0.717, 1.165) is 37.8 Å². The van der Waals surface area contributed by atoms with Crippen LogP contribution in [0.4, 0.5) is 0 Å².